The van der Waals surface area contributed by atoms with Crippen LogP contribution in [0.15, 0.2) is 15.1 Å². The Morgan fingerprint density at radius 2 is 2.33 bits per heavy atom. The largest absolute Gasteiger partial charge is 0.392 e. The average molecular weight is 249 g/mol. The second-order valence-corrected chi connectivity index (χ2v) is 4.23. The molecule has 2 rings (SSSR count). The van der Waals surface area contributed by atoms with E-state index in [-0.39, 0.29) is 17.4 Å². The summed E-state index contributed by atoms with van der Waals surface area (Å²) in [7, 11) is 0. The second-order valence-electron chi connectivity index (χ2n) is 3.51. The number of aliphatic imine (C=N–C) groups is 2. The van der Waals surface area contributed by atoms with E-state index < -0.39 is 6.10 Å². The molecule has 7 heteroatoms. The van der Waals surface area contributed by atoms with Crippen LogP contribution in [0.25, 0.3) is 0 Å². The van der Waals surface area contributed by atoms with Crippen molar-refractivity contribution in [2.45, 2.75) is 19.2 Å². The summed E-state index contributed by atoms with van der Waals surface area (Å²) in [5.41, 5.74) is 0. The molecule has 0 aromatic carbocycles. The number of hydrazone groups is 1. The normalized spacial score (nSPS) is 31.1. The second kappa shape index (κ2) is 4.08. The summed E-state index contributed by atoms with van der Waals surface area (Å²) in [6.07, 6.45) is 0.927. The van der Waals surface area contributed by atoms with Crippen LogP contribution in [-0.4, -0.2) is 45.6 Å². The molecule has 0 amide bonds. The van der Waals surface area contributed by atoms with Gasteiger partial charge in [0.05, 0.1) is 18.6 Å². The quantitative estimate of drug-likeness (QED) is 0.737. The van der Waals surface area contributed by atoms with Gasteiger partial charge in [-0.25, -0.2) is 9.98 Å². The van der Waals surface area contributed by atoms with Crippen LogP contribution in [0.4, 0.5) is 0 Å². The van der Waals surface area contributed by atoms with E-state index in [1.807, 2.05) is 0 Å². The van der Waals surface area contributed by atoms with Crippen molar-refractivity contribution in [3.05, 3.63) is 0 Å². The van der Waals surface area contributed by atoms with Crippen LogP contribution in [0.2, 0.25) is 0 Å². The van der Waals surface area contributed by atoms with Gasteiger partial charge in [-0.2, -0.15) is 5.10 Å². The van der Waals surface area contributed by atoms with Crippen molar-refractivity contribution in [1.82, 2.24) is 5.01 Å². The van der Waals surface area contributed by atoms with Crippen LogP contribution in [0.1, 0.15) is 6.92 Å². The first-order valence-corrected chi connectivity index (χ1v) is 5.29. The lowest BCUT2D eigenvalue weighted by atomic mass is 10.1. The number of hydrogen-bond donors (Lipinski definition) is 1. The summed E-state index contributed by atoms with van der Waals surface area (Å²) in [5, 5.41) is 15.6. The van der Waals surface area contributed by atoms with E-state index in [4.69, 9.17) is 23.2 Å². The predicted octanol–water partition coefficient (Wildman–Crippen LogP) is 0.857. The molecule has 0 saturated heterocycles. The van der Waals surface area contributed by atoms with Crippen molar-refractivity contribution in [2.24, 2.45) is 21.0 Å². The first-order chi connectivity index (χ1) is 7.08. The van der Waals surface area contributed by atoms with E-state index in [0.29, 0.717) is 11.7 Å². The van der Waals surface area contributed by atoms with Gasteiger partial charge >= 0.3 is 0 Å². The maximum absolute atomic E-state index is 9.27. The third-order valence-electron chi connectivity index (χ3n) is 2.17. The zero-order valence-corrected chi connectivity index (χ0v) is 9.52. The number of β-amino-alcohol motifs (C(OH)–C–C–N with tert-alkyl or cyclic N) is 1. The Kier molecular flexibility index (Phi) is 2.95. The minimum absolute atomic E-state index is 0.127. The lowest BCUT2D eigenvalue weighted by molar-refractivity contribution is 0.108. The summed E-state index contributed by atoms with van der Waals surface area (Å²) in [6, 6.07) is 0. The molecule has 3 unspecified atom stereocenters. The van der Waals surface area contributed by atoms with Crippen LogP contribution in [0.3, 0.4) is 0 Å². The maximum atomic E-state index is 9.27. The van der Waals surface area contributed by atoms with E-state index in [2.05, 4.69) is 15.1 Å². The van der Waals surface area contributed by atoms with Gasteiger partial charge in [-0.05, 0) is 18.5 Å². The van der Waals surface area contributed by atoms with Gasteiger partial charge in [0.25, 0.3) is 0 Å². The fourth-order valence-electron chi connectivity index (χ4n) is 1.55. The van der Waals surface area contributed by atoms with E-state index in [0.717, 1.165) is 0 Å². The first-order valence-electron chi connectivity index (χ1n) is 4.54. The van der Waals surface area contributed by atoms with Crippen molar-refractivity contribution in [3.63, 3.8) is 0 Å². The Morgan fingerprint density at radius 1 is 1.60 bits per heavy atom. The van der Waals surface area contributed by atoms with Crippen molar-refractivity contribution >= 4 is 39.9 Å². The smallest absolute Gasteiger partial charge is 0.221 e. The van der Waals surface area contributed by atoms with Gasteiger partial charge in [0, 0.05) is 6.21 Å². The number of fused-ring (bicyclic) bond motifs is 1. The highest BCUT2D eigenvalue weighted by molar-refractivity contribution is 6.73. The van der Waals surface area contributed by atoms with Crippen LogP contribution in [0.5, 0.6) is 0 Å². The average Bonchev–Trinajstić information content (AvgIpc) is 2.48. The molecule has 0 fully saturated rings. The van der Waals surface area contributed by atoms with Gasteiger partial charge in [-0.3, -0.25) is 5.01 Å². The lowest BCUT2D eigenvalue weighted by Gasteiger charge is -2.26. The molecule has 2 aliphatic heterocycles. The molecule has 1 N–H and O–H groups in total. The van der Waals surface area contributed by atoms with Crippen molar-refractivity contribution < 1.29 is 5.11 Å². The molecule has 0 radical (unpaired) electrons. The molecule has 0 aromatic rings. The number of nitrogens with zero attached hydrogens (tertiary/aromatic N) is 4. The monoisotopic (exact) mass is 248 g/mol. The van der Waals surface area contributed by atoms with Crippen LogP contribution < -0.4 is 0 Å². The van der Waals surface area contributed by atoms with Gasteiger partial charge in [0.2, 0.25) is 5.29 Å². The molecule has 82 valence electrons. The van der Waals surface area contributed by atoms with Gasteiger partial charge in [0.15, 0.2) is 6.17 Å². The molecule has 15 heavy (non-hydrogen) atoms. The zero-order valence-electron chi connectivity index (χ0n) is 8.01. The highest BCUT2D eigenvalue weighted by Crippen LogP contribution is 2.26. The Morgan fingerprint density at radius 3 is 3.00 bits per heavy atom. The van der Waals surface area contributed by atoms with Gasteiger partial charge in [-0.1, -0.05) is 11.6 Å². The number of aliphatic hydroxyl groups is 1. The number of hydrogen-bond acceptors (Lipinski definition) is 5. The highest BCUT2D eigenvalue weighted by Gasteiger charge is 2.36. The molecular weight excluding hydrogens is 239 g/mol. The molecule has 0 bridgehead atoms. The molecule has 0 spiro atoms. The van der Waals surface area contributed by atoms with Gasteiger partial charge < -0.3 is 5.11 Å². The fourth-order valence-corrected chi connectivity index (χ4v) is 2.03. The molecule has 3 atom stereocenters. The standard InChI is InChI=1S/C8H10Cl2N4O/c1-4(15)3-14-7-5(2-11-14)6(9)12-8(10)13-7/h2,4-5,7,15H,3H2,1H3. The van der Waals surface area contributed by atoms with Crippen LogP contribution in [-0.2, 0) is 0 Å². The van der Waals surface area contributed by atoms with Crippen LogP contribution in [0, 0.1) is 5.92 Å². The Bertz CT molecular complexity index is 353. The van der Waals surface area contributed by atoms with Gasteiger partial charge in [-0.15, -0.1) is 0 Å². The number of halogens is 2. The minimum Gasteiger partial charge on any atom is -0.392 e. The Hall–Kier alpha value is -0.650. The molecule has 2 heterocycles. The molecular formula is C8H10Cl2N4O. The van der Waals surface area contributed by atoms with E-state index in [1.165, 1.54) is 0 Å². The zero-order chi connectivity index (χ0) is 11.0. The van der Waals surface area contributed by atoms with E-state index in [1.54, 1.807) is 18.1 Å². The van der Waals surface area contributed by atoms with E-state index >= 15 is 0 Å². The summed E-state index contributed by atoms with van der Waals surface area (Å²) in [4.78, 5) is 7.99. The van der Waals surface area contributed by atoms with Crippen molar-refractivity contribution in [1.29, 1.82) is 0 Å². The first kappa shape index (κ1) is 10.9. The van der Waals surface area contributed by atoms with Gasteiger partial charge in [0.1, 0.15) is 5.17 Å². The third kappa shape index (κ3) is 2.14. The molecule has 0 aliphatic carbocycles. The third-order valence-corrected chi connectivity index (χ3v) is 2.68. The van der Waals surface area contributed by atoms with Crippen LogP contribution >= 0.6 is 23.2 Å². The summed E-state index contributed by atoms with van der Waals surface area (Å²) in [6.45, 7) is 2.09. The molecule has 5 nitrogen and oxygen atoms in total. The number of aliphatic hydroxyl groups excluding tert-OH is 1. The highest BCUT2D eigenvalue weighted by atomic mass is 35.5. The lowest BCUT2D eigenvalue weighted by Crippen LogP contribution is -2.39. The fraction of sp³-hybridized carbons (Fsp3) is 0.625. The van der Waals surface area contributed by atoms with E-state index in [9.17, 15) is 5.11 Å². The number of rotatable bonds is 2. The summed E-state index contributed by atoms with van der Waals surface area (Å²) in [5.74, 6) is -0.145. The maximum Gasteiger partial charge on any atom is 0.221 e. The topological polar surface area (TPSA) is 60.5 Å². The Labute approximate surface area is 97.1 Å². The van der Waals surface area contributed by atoms with Crippen molar-refractivity contribution in [3.8, 4) is 0 Å². The Balaban J connectivity index is 2.16. The van der Waals surface area contributed by atoms with Crippen molar-refractivity contribution in [2.75, 3.05) is 6.54 Å². The minimum atomic E-state index is -0.479. The summed E-state index contributed by atoms with van der Waals surface area (Å²) < 4.78 is 0. The molecule has 2 aliphatic rings. The SMILES string of the molecule is CC(O)CN1N=CC2C(Cl)=NC(Cl)=NC21. The predicted molar refractivity (Wildman–Crippen MR) is 60.7 cm³/mol. The molecule has 0 aromatic heterocycles. The summed E-state index contributed by atoms with van der Waals surface area (Å²) >= 11 is 11.6. The number of amidine groups is 1. The molecule has 0 saturated carbocycles.